The van der Waals surface area contributed by atoms with Crippen LogP contribution in [0.1, 0.15) is 54.8 Å². The van der Waals surface area contributed by atoms with E-state index in [-0.39, 0.29) is 23.3 Å². The van der Waals surface area contributed by atoms with Crippen molar-refractivity contribution in [2.24, 2.45) is 0 Å². The quantitative estimate of drug-likeness (QED) is 0.634. The summed E-state index contributed by atoms with van der Waals surface area (Å²) in [5.74, 6) is 1.37. The van der Waals surface area contributed by atoms with E-state index < -0.39 is 10.0 Å². The average Bonchev–Trinajstić information content (AvgIpc) is 3.38. The number of aryl methyl sites for hydroxylation is 2. The van der Waals surface area contributed by atoms with Crippen LogP contribution in [0.5, 0.6) is 11.5 Å². The van der Waals surface area contributed by atoms with Crippen LogP contribution in [0.2, 0.25) is 0 Å². The largest absolute Gasteiger partial charge is 0.497 e. The molecule has 7 nitrogen and oxygen atoms in total. The van der Waals surface area contributed by atoms with Gasteiger partial charge in [0.1, 0.15) is 11.5 Å². The molecule has 1 amide bonds. The first kappa shape index (κ1) is 23.6. The fourth-order valence-electron chi connectivity index (χ4n) is 4.77. The molecule has 0 spiro atoms. The number of ether oxygens (including phenoxy) is 2. The Labute approximate surface area is 196 Å². The van der Waals surface area contributed by atoms with E-state index in [4.69, 9.17) is 9.47 Å². The third kappa shape index (κ3) is 5.17. The molecular weight excluding hydrogens is 440 g/mol. The van der Waals surface area contributed by atoms with Crippen LogP contribution in [0.25, 0.3) is 0 Å². The summed E-state index contributed by atoms with van der Waals surface area (Å²) < 4.78 is 38.2. The number of nitrogens with zero attached hydrogens (tertiary/aromatic N) is 1. The molecule has 1 heterocycles. The summed E-state index contributed by atoms with van der Waals surface area (Å²) in [5, 5.41) is 3.16. The van der Waals surface area contributed by atoms with Crippen LogP contribution in [-0.2, 0) is 27.7 Å². The molecule has 4 rings (SSSR count). The predicted molar refractivity (Wildman–Crippen MR) is 126 cm³/mol. The van der Waals surface area contributed by atoms with Crippen molar-refractivity contribution in [2.75, 3.05) is 27.3 Å². The number of carbonyl (C=O) groups is 1. The summed E-state index contributed by atoms with van der Waals surface area (Å²) in [5.41, 5.74) is 3.08. The Morgan fingerprint density at radius 2 is 1.85 bits per heavy atom. The molecule has 33 heavy (non-hydrogen) atoms. The lowest BCUT2D eigenvalue weighted by molar-refractivity contribution is -0.121. The molecule has 1 aliphatic carbocycles. The van der Waals surface area contributed by atoms with Gasteiger partial charge in [0.05, 0.1) is 25.2 Å². The predicted octanol–water partition coefficient (Wildman–Crippen LogP) is 3.61. The van der Waals surface area contributed by atoms with Crippen LogP contribution in [0, 0.1) is 0 Å². The lowest BCUT2D eigenvalue weighted by atomic mass is 9.87. The zero-order valence-corrected chi connectivity index (χ0v) is 20.1. The van der Waals surface area contributed by atoms with E-state index in [0.29, 0.717) is 25.3 Å². The number of benzene rings is 2. The van der Waals surface area contributed by atoms with E-state index >= 15 is 0 Å². The maximum Gasteiger partial charge on any atom is 0.243 e. The standard InChI is InChI=1S/C25H32N2O5S/c1-31-20-9-11-22-18(16-20)6-5-7-23(22)26-25(28)13-8-19-17-21(10-12-24(19)32-2)33(29,30)27-14-3-4-15-27/h9-12,16-17,23H,3-8,13-15H2,1-2H3,(H,26,28)/t23-/m1/s1. The van der Waals surface area contributed by atoms with Crippen molar-refractivity contribution < 1.29 is 22.7 Å². The third-order valence-electron chi connectivity index (χ3n) is 6.58. The van der Waals surface area contributed by atoms with E-state index in [1.165, 1.54) is 9.87 Å². The van der Waals surface area contributed by atoms with Gasteiger partial charge in [0.15, 0.2) is 0 Å². The molecule has 0 unspecified atom stereocenters. The molecule has 0 aromatic heterocycles. The summed E-state index contributed by atoms with van der Waals surface area (Å²) in [6, 6.07) is 10.9. The zero-order valence-electron chi connectivity index (χ0n) is 19.3. The molecule has 8 heteroatoms. The van der Waals surface area contributed by atoms with E-state index in [2.05, 4.69) is 5.32 Å². The number of sulfonamides is 1. The number of hydrogen-bond donors (Lipinski definition) is 1. The van der Waals surface area contributed by atoms with Gasteiger partial charge in [0, 0.05) is 19.5 Å². The maximum atomic E-state index is 12.9. The molecular formula is C25H32N2O5S. The summed E-state index contributed by atoms with van der Waals surface area (Å²) in [6.07, 6.45) is 5.33. The molecule has 2 aromatic carbocycles. The van der Waals surface area contributed by atoms with Gasteiger partial charge in [-0.3, -0.25) is 4.79 Å². The van der Waals surface area contributed by atoms with Crippen molar-refractivity contribution in [1.29, 1.82) is 0 Å². The molecule has 0 bridgehead atoms. The first-order valence-corrected chi connectivity index (χ1v) is 13.0. The van der Waals surface area contributed by atoms with Crippen molar-refractivity contribution >= 4 is 15.9 Å². The van der Waals surface area contributed by atoms with Crippen LogP contribution in [-0.4, -0.2) is 45.9 Å². The van der Waals surface area contributed by atoms with Crippen molar-refractivity contribution in [1.82, 2.24) is 9.62 Å². The Bertz CT molecular complexity index is 1110. The second-order valence-corrected chi connectivity index (χ2v) is 10.6. The van der Waals surface area contributed by atoms with Gasteiger partial charge in [-0.05, 0) is 85.5 Å². The van der Waals surface area contributed by atoms with E-state index in [1.807, 2.05) is 18.2 Å². The summed E-state index contributed by atoms with van der Waals surface area (Å²) in [4.78, 5) is 13.1. The Morgan fingerprint density at radius 3 is 2.58 bits per heavy atom. The first-order chi connectivity index (χ1) is 15.9. The first-order valence-electron chi connectivity index (χ1n) is 11.6. The second-order valence-electron chi connectivity index (χ2n) is 8.66. The highest BCUT2D eigenvalue weighted by atomic mass is 32.2. The Morgan fingerprint density at radius 1 is 1.06 bits per heavy atom. The minimum atomic E-state index is -3.52. The number of methoxy groups -OCH3 is 2. The summed E-state index contributed by atoms with van der Waals surface area (Å²) in [6.45, 7) is 1.11. The van der Waals surface area contributed by atoms with Gasteiger partial charge in [-0.25, -0.2) is 8.42 Å². The molecule has 1 atom stereocenters. The van der Waals surface area contributed by atoms with Crippen LogP contribution in [0.3, 0.4) is 0 Å². The molecule has 178 valence electrons. The highest BCUT2D eigenvalue weighted by Crippen LogP contribution is 2.32. The van der Waals surface area contributed by atoms with Gasteiger partial charge < -0.3 is 14.8 Å². The van der Waals surface area contributed by atoms with Crippen molar-refractivity contribution in [3.8, 4) is 11.5 Å². The Kier molecular flexibility index (Phi) is 7.24. The zero-order chi connectivity index (χ0) is 23.4. The minimum absolute atomic E-state index is 0.0177. The molecule has 1 N–H and O–H groups in total. The van der Waals surface area contributed by atoms with Gasteiger partial charge in [0.2, 0.25) is 15.9 Å². The molecule has 1 saturated heterocycles. The number of hydrogen-bond acceptors (Lipinski definition) is 5. The monoisotopic (exact) mass is 472 g/mol. The van der Waals surface area contributed by atoms with Crippen LogP contribution in [0.4, 0.5) is 0 Å². The van der Waals surface area contributed by atoms with E-state index in [9.17, 15) is 13.2 Å². The van der Waals surface area contributed by atoms with Crippen molar-refractivity contribution in [3.63, 3.8) is 0 Å². The molecule has 2 aliphatic rings. The van der Waals surface area contributed by atoms with Gasteiger partial charge in [-0.15, -0.1) is 0 Å². The van der Waals surface area contributed by atoms with Crippen LogP contribution < -0.4 is 14.8 Å². The van der Waals surface area contributed by atoms with Crippen molar-refractivity contribution in [3.05, 3.63) is 53.1 Å². The number of fused-ring (bicyclic) bond motifs is 1. The Balaban J connectivity index is 1.44. The van der Waals surface area contributed by atoms with E-state index in [1.54, 1.807) is 32.4 Å². The van der Waals surface area contributed by atoms with Gasteiger partial charge >= 0.3 is 0 Å². The molecule has 1 fully saturated rings. The Hall–Kier alpha value is -2.58. The lowest BCUT2D eigenvalue weighted by Gasteiger charge is -2.27. The highest BCUT2D eigenvalue weighted by molar-refractivity contribution is 7.89. The van der Waals surface area contributed by atoms with Crippen LogP contribution in [0.15, 0.2) is 41.3 Å². The average molecular weight is 473 g/mol. The second kappa shape index (κ2) is 10.1. The molecule has 0 saturated carbocycles. The van der Waals surface area contributed by atoms with Gasteiger partial charge in [-0.2, -0.15) is 4.31 Å². The fourth-order valence-corrected chi connectivity index (χ4v) is 6.34. The number of amides is 1. The van der Waals surface area contributed by atoms with Crippen LogP contribution >= 0.6 is 0 Å². The van der Waals surface area contributed by atoms with Gasteiger partial charge in [0.25, 0.3) is 0 Å². The minimum Gasteiger partial charge on any atom is -0.497 e. The van der Waals surface area contributed by atoms with E-state index in [0.717, 1.165) is 49.0 Å². The van der Waals surface area contributed by atoms with Gasteiger partial charge in [-0.1, -0.05) is 6.07 Å². The topological polar surface area (TPSA) is 84.9 Å². The highest BCUT2D eigenvalue weighted by Gasteiger charge is 2.28. The maximum absolute atomic E-state index is 12.9. The fraction of sp³-hybridized carbons (Fsp3) is 0.480. The number of carbonyl (C=O) groups excluding carboxylic acids is 1. The molecule has 0 radical (unpaired) electrons. The third-order valence-corrected chi connectivity index (χ3v) is 8.47. The lowest BCUT2D eigenvalue weighted by Crippen LogP contribution is -2.31. The molecule has 2 aromatic rings. The normalized spacial score (nSPS) is 18.5. The summed E-state index contributed by atoms with van der Waals surface area (Å²) in [7, 11) is -0.307. The smallest absolute Gasteiger partial charge is 0.243 e. The SMILES string of the molecule is COc1ccc2c(c1)CCC[C@H]2NC(=O)CCc1cc(S(=O)(=O)N2CCCC2)ccc1OC. The van der Waals surface area contributed by atoms with Crippen molar-refractivity contribution in [2.45, 2.75) is 55.9 Å². The number of rotatable bonds is 8. The molecule has 1 aliphatic heterocycles. The number of nitrogens with one attached hydrogen (secondary N) is 1. The summed E-state index contributed by atoms with van der Waals surface area (Å²) >= 11 is 0.